The number of hydrogen-bond donors (Lipinski definition) is 2. The minimum absolute atomic E-state index is 0.108. The van der Waals surface area contributed by atoms with Crippen molar-refractivity contribution in [3.05, 3.63) is 64.7 Å². The molecule has 2 atom stereocenters. The normalized spacial score (nSPS) is 13.1. The summed E-state index contributed by atoms with van der Waals surface area (Å²) >= 11 is 5.90. The van der Waals surface area contributed by atoms with E-state index in [1.54, 1.807) is 24.3 Å². The molecule has 2 aromatic carbocycles. The zero-order chi connectivity index (χ0) is 20.1. The number of aliphatic hydroxyl groups excluding tert-OH is 1. The number of nitrogens with one attached hydrogen (secondary N) is 1. The number of aryl methyl sites for hydroxylation is 1. The summed E-state index contributed by atoms with van der Waals surface area (Å²) in [5, 5.41) is 26.0. The maximum Gasteiger partial charge on any atom is 0.246 e. The number of hydrogen-bond acceptors (Lipinski definition) is 5. The van der Waals surface area contributed by atoms with Crippen LogP contribution in [0.1, 0.15) is 36.6 Å². The zero-order valence-corrected chi connectivity index (χ0v) is 16.5. The van der Waals surface area contributed by atoms with Gasteiger partial charge in [0.1, 0.15) is 0 Å². The van der Waals surface area contributed by atoms with Crippen LogP contribution in [-0.2, 0) is 4.79 Å². The van der Waals surface area contributed by atoms with Crippen molar-refractivity contribution in [2.45, 2.75) is 32.4 Å². The summed E-state index contributed by atoms with van der Waals surface area (Å²) in [4.78, 5) is 13.9. The standard InChI is InChI=1S/C20H22ClN5O2/c1-3-17(20(28)22-12-18(27)14-6-4-13(2)5-7-14)26-24-19(23-25-26)15-8-10-16(21)11-9-15/h4-11,17-18,27H,3,12H2,1-2H3,(H,22,28). The fraction of sp³-hybridized carbons (Fsp3) is 0.300. The molecule has 0 aliphatic carbocycles. The van der Waals surface area contributed by atoms with E-state index in [0.29, 0.717) is 17.3 Å². The van der Waals surface area contributed by atoms with Gasteiger partial charge in [0.15, 0.2) is 6.04 Å². The molecule has 1 amide bonds. The fourth-order valence-electron chi connectivity index (χ4n) is 2.75. The van der Waals surface area contributed by atoms with Crippen molar-refractivity contribution in [2.75, 3.05) is 6.54 Å². The number of amides is 1. The third-order valence-electron chi connectivity index (χ3n) is 4.43. The van der Waals surface area contributed by atoms with Crippen molar-refractivity contribution >= 4 is 17.5 Å². The van der Waals surface area contributed by atoms with Crippen molar-refractivity contribution in [2.24, 2.45) is 0 Å². The van der Waals surface area contributed by atoms with Gasteiger partial charge in [-0.05, 0) is 48.4 Å². The van der Waals surface area contributed by atoms with Crippen LogP contribution in [0.4, 0.5) is 0 Å². The van der Waals surface area contributed by atoms with Crippen molar-refractivity contribution in [1.82, 2.24) is 25.5 Å². The lowest BCUT2D eigenvalue weighted by molar-refractivity contribution is -0.125. The maximum absolute atomic E-state index is 12.6. The van der Waals surface area contributed by atoms with Crippen LogP contribution in [0.3, 0.4) is 0 Å². The van der Waals surface area contributed by atoms with E-state index in [1.165, 1.54) is 4.80 Å². The van der Waals surface area contributed by atoms with E-state index >= 15 is 0 Å². The number of halogens is 1. The molecule has 28 heavy (non-hydrogen) atoms. The number of carbonyl (C=O) groups is 1. The average molecular weight is 400 g/mol. The van der Waals surface area contributed by atoms with Gasteiger partial charge in [-0.3, -0.25) is 4.79 Å². The van der Waals surface area contributed by atoms with Crippen LogP contribution in [0.5, 0.6) is 0 Å². The number of rotatable bonds is 7. The molecule has 2 N–H and O–H groups in total. The van der Waals surface area contributed by atoms with E-state index in [0.717, 1.165) is 16.7 Å². The van der Waals surface area contributed by atoms with Crippen molar-refractivity contribution in [1.29, 1.82) is 0 Å². The molecular formula is C20H22ClN5O2. The molecule has 0 fully saturated rings. The van der Waals surface area contributed by atoms with Gasteiger partial charge in [0, 0.05) is 17.1 Å². The Morgan fingerprint density at radius 1 is 1.18 bits per heavy atom. The van der Waals surface area contributed by atoms with Crippen LogP contribution in [0, 0.1) is 6.92 Å². The first-order chi connectivity index (χ1) is 13.5. The van der Waals surface area contributed by atoms with E-state index in [2.05, 4.69) is 20.7 Å². The Bertz CT molecular complexity index is 925. The molecule has 7 nitrogen and oxygen atoms in total. The molecule has 0 saturated heterocycles. The number of benzene rings is 2. The second-order valence-corrected chi connectivity index (χ2v) is 6.97. The van der Waals surface area contributed by atoms with E-state index in [1.807, 2.05) is 38.1 Å². The van der Waals surface area contributed by atoms with E-state index in [-0.39, 0.29) is 12.5 Å². The number of nitrogens with zero attached hydrogens (tertiary/aromatic N) is 4. The highest BCUT2D eigenvalue weighted by Gasteiger charge is 2.22. The Morgan fingerprint density at radius 3 is 2.50 bits per heavy atom. The molecule has 0 spiro atoms. The van der Waals surface area contributed by atoms with Crippen LogP contribution in [-0.4, -0.2) is 37.8 Å². The SMILES string of the molecule is CCC(C(=O)NCC(O)c1ccc(C)cc1)n1nnc(-c2ccc(Cl)cc2)n1. The van der Waals surface area contributed by atoms with Gasteiger partial charge in [-0.15, -0.1) is 10.2 Å². The molecule has 0 saturated carbocycles. The molecule has 3 rings (SSSR count). The Morgan fingerprint density at radius 2 is 1.86 bits per heavy atom. The lowest BCUT2D eigenvalue weighted by Crippen LogP contribution is -2.36. The smallest absolute Gasteiger partial charge is 0.246 e. The van der Waals surface area contributed by atoms with Gasteiger partial charge in [-0.2, -0.15) is 4.80 Å². The Balaban J connectivity index is 1.65. The van der Waals surface area contributed by atoms with E-state index in [4.69, 9.17) is 11.6 Å². The monoisotopic (exact) mass is 399 g/mol. The first-order valence-corrected chi connectivity index (χ1v) is 9.43. The first kappa shape index (κ1) is 20.0. The average Bonchev–Trinajstić information content (AvgIpc) is 3.17. The molecule has 0 aliphatic rings. The maximum atomic E-state index is 12.6. The second kappa shape index (κ2) is 8.95. The molecule has 1 heterocycles. The van der Waals surface area contributed by atoms with E-state index in [9.17, 15) is 9.90 Å². The summed E-state index contributed by atoms with van der Waals surface area (Å²) in [5.74, 6) is 0.149. The molecule has 3 aromatic rings. The highest BCUT2D eigenvalue weighted by molar-refractivity contribution is 6.30. The number of aliphatic hydroxyl groups is 1. The molecule has 0 aliphatic heterocycles. The molecule has 1 aromatic heterocycles. The van der Waals surface area contributed by atoms with Crippen LogP contribution < -0.4 is 5.32 Å². The number of tetrazole rings is 1. The van der Waals surface area contributed by atoms with Crippen LogP contribution in [0.15, 0.2) is 48.5 Å². The van der Waals surface area contributed by atoms with Crippen molar-refractivity contribution in [3.8, 4) is 11.4 Å². The Labute approximate surface area is 168 Å². The Kier molecular flexibility index (Phi) is 6.38. The third kappa shape index (κ3) is 4.74. The first-order valence-electron chi connectivity index (χ1n) is 9.05. The van der Waals surface area contributed by atoms with Gasteiger partial charge in [0.05, 0.1) is 6.10 Å². The molecule has 0 radical (unpaired) electrons. The topological polar surface area (TPSA) is 92.9 Å². The largest absolute Gasteiger partial charge is 0.387 e. The van der Waals surface area contributed by atoms with Crippen LogP contribution in [0.2, 0.25) is 5.02 Å². The second-order valence-electron chi connectivity index (χ2n) is 6.54. The Hall–Kier alpha value is -2.77. The minimum atomic E-state index is -0.782. The molecule has 2 unspecified atom stereocenters. The summed E-state index contributed by atoms with van der Waals surface area (Å²) in [5.41, 5.74) is 2.63. The number of carbonyl (C=O) groups excluding carboxylic acids is 1. The molecule has 8 heteroatoms. The highest BCUT2D eigenvalue weighted by Crippen LogP contribution is 2.19. The van der Waals surface area contributed by atoms with Gasteiger partial charge in [-0.25, -0.2) is 0 Å². The van der Waals surface area contributed by atoms with Crippen LogP contribution in [0.25, 0.3) is 11.4 Å². The predicted octanol–water partition coefficient (Wildman–Crippen LogP) is 3.10. The quantitative estimate of drug-likeness (QED) is 0.636. The van der Waals surface area contributed by atoms with Crippen LogP contribution >= 0.6 is 11.6 Å². The van der Waals surface area contributed by atoms with Gasteiger partial charge in [-0.1, -0.05) is 48.4 Å². The summed E-state index contributed by atoms with van der Waals surface area (Å²) in [6.45, 7) is 3.95. The summed E-state index contributed by atoms with van der Waals surface area (Å²) in [7, 11) is 0. The predicted molar refractivity (Wildman–Crippen MR) is 107 cm³/mol. The molecule has 146 valence electrons. The van der Waals surface area contributed by atoms with Gasteiger partial charge < -0.3 is 10.4 Å². The molecular weight excluding hydrogens is 378 g/mol. The summed E-state index contributed by atoms with van der Waals surface area (Å²) in [6, 6.07) is 14.0. The molecule has 0 bridgehead atoms. The fourth-order valence-corrected chi connectivity index (χ4v) is 2.87. The van der Waals surface area contributed by atoms with Gasteiger partial charge in [0.25, 0.3) is 0 Å². The van der Waals surface area contributed by atoms with Crippen molar-refractivity contribution in [3.63, 3.8) is 0 Å². The third-order valence-corrected chi connectivity index (χ3v) is 4.68. The van der Waals surface area contributed by atoms with Gasteiger partial charge >= 0.3 is 0 Å². The van der Waals surface area contributed by atoms with E-state index < -0.39 is 12.1 Å². The lowest BCUT2D eigenvalue weighted by atomic mass is 10.1. The van der Waals surface area contributed by atoms with Crippen molar-refractivity contribution < 1.29 is 9.90 Å². The summed E-state index contributed by atoms with van der Waals surface area (Å²) < 4.78 is 0. The van der Waals surface area contributed by atoms with Gasteiger partial charge in [0.2, 0.25) is 11.7 Å². The minimum Gasteiger partial charge on any atom is -0.387 e. The number of aromatic nitrogens is 4. The zero-order valence-electron chi connectivity index (χ0n) is 15.7. The lowest BCUT2D eigenvalue weighted by Gasteiger charge is -2.16. The summed E-state index contributed by atoms with van der Waals surface area (Å²) in [6.07, 6.45) is -0.293. The highest BCUT2D eigenvalue weighted by atomic mass is 35.5.